The number of hydrogen-bond acceptors (Lipinski definition) is 12. The Bertz CT molecular complexity index is 1680. The van der Waals surface area contributed by atoms with Gasteiger partial charge in [-0.3, -0.25) is 29.0 Å². The van der Waals surface area contributed by atoms with Crippen molar-refractivity contribution < 1.29 is 71.8 Å². The van der Waals surface area contributed by atoms with Crippen LogP contribution in [0.1, 0.15) is 97.4 Å². The zero-order valence-corrected chi connectivity index (χ0v) is 34.1. The maximum atomic E-state index is 13.0. The van der Waals surface area contributed by atoms with Gasteiger partial charge in [0.2, 0.25) is 0 Å². The van der Waals surface area contributed by atoms with Crippen molar-refractivity contribution in [2.24, 2.45) is 0 Å². The van der Waals surface area contributed by atoms with Crippen molar-refractivity contribution in [3.8, 4) is 11.5 Å². The number of aryl methyl sites for hydroxylation is 2. The summed E-state index contributed by atoms with van der Waals surface area (Å²) in [6, 6.07) is 9.98. The molecule has 0 heterocycles. The highest BCUT2D eigenvalue weighted by molar-refractivity contribution is 5.73. The Kier molecular flexibility index (Phi) is 19.0. The van der Waals surface area contributed by atoms with E-state index in [4.69, 9.17) is 29.2 Å². The minimum Gasteiger partial charge on any atom is -0.508 e. The number of esters is 3. The zero-order valence-electron chi connectivity index (χ0n) is 34.1. The number of aliphatic carboxylic acids is 2. The maximum absolute atomic E-state index is 13.0. The van der Waals surface area contributed by atoms with Gasteiger partial charge in [-0.15, -0.1) is 0 Å². The van der Waals surface area contributed by atoms with Crippen molar-refractivity contribution in [2.75, 3.05) is 26.2 Å². The number of hydrogen-bond donors (Lipinski definition) is 4. The van der Waals surface area contributed by atoms with E-state index in [0.717, 1.165) is 11.1 Å². The Morgan fingerprint density at radius 2 is 0.912 bits per heavy atom. The molecule has 0 unspecified atom stereocenters. The highest BCUT2D eigenvalue weighted by atomic mass is 19.4. The van der Waals surface area contributed by atoms with E-state index in [1.807, 2.05) is 0 Å². The fourth-order valence-electron chi connectivity index (χ4n) is 5.04. The van der Waals surface area contributed by atoms with Gasteiger partial charge in [-0.05, 0) is 98.4 Å². The molecule has 0 aliphatic heterocycles. The fourth-order valence-corrected chi connectivity index (χ4v) is 5.04. The number of carbonyl (C=O) groups is 5. The first-order chi connectivity index (χ1) is 25.9. The van der Waals surface area contributed by atoms with Gasteiger partial charge in [-0.25, -0.2) is 4.79 Å². The second-order valence-corrected chi connectivity index (χ2v) is 16.3. The van der Waals surface area contributed by atoms with E-state index in [0.29, 0.717) is 17.5 Å². The Balaban J connectivity index is 0.00000211. The number of benzene rings is 2. The van der Waals surface area contributed by atoms with Crippen LogP contribution >= 0.6 is 0 Å². The second kappa shape index (κ2) is 21.6. The molecule has 0 aliphatic rings. The fraction of sp³-hybridized carbons (Fsp3) is 0.575. The topological polar surface area (TPSA) is 200 Å². The van der Waals surface area contributed by atoms with Crippen LogP contribution in [0.2, 0.25) is 0 Å². The number of aromatic hydroxyl groups is 2. The van der Waals surface area contributed by atoms with Crippen LogP contribution in [0.4, 0.5) is 13.2 Å². The third-order valence-corrected chi connectivity index (χ3v) is 7.26. The van der Waals surface area contributed by atoms with Gasteiger partial charge in [0.15, 0.2) is 0 Å². The van der Waals surface area contributed by atoms with E-state index in [1.165, 1.54) is 6.07 Å². The molecule has 2 rings (SSSR count). The van der Waals surface area contributed by atoms with E-state index in [-0.39, 0.29) is 76.0 Å². The first kappa shape index (κ1) is 50.1. The molecule has 0 fully saturated rings. The van der Waals surface area contributed by atoms with Gasteiger partial charge in [-0.2, -0.15) is 13.2 Å². The molecule has 57 heavy (non-hydrogen) atoms. The number of phenols is 2. The molecule has 320 valence electrons. The number of halogens is 3. The molecule has 4 N–H and O–H groups in total. The molecule has 0 bridgehead atoms. The standard InChI is InChI=1S/C38H56N2O10.C2HF3O2/c1-36(2,3)48-33(45)17-13-27-11-15-31(42)29(21-27)23-40(25-35(47)50-38(7,8)9)19-18-39(24-34(46)49-37(4,5)6)22-28-20-26(10-14-30(28)41)12-16-32(43)44;3-2(4,5)1(6)7/h10-11,14-15,20-21,41-42H,12-13,16-19,22-25H2,1-9H3,(H,43,44);(H,6,7). The van der Waals surface area contributed by atoms with E-state index in [1.54, 1.807) is 102 Å². The van der Waals surface area contributed by atoms with Crippen LogP contribution < -0.4 is 0 Å². The lowest BCUT2D eigenvalue weighted by Crippen LogP contribution is -2.41. The van der Waals surface area contributed by atoms with Crippen LogP contribution in [0, 0.1) is 0 Å². The Hall–Kier alpha value is -4.90. The van der Waals surface area contributed by atoms with Crippen molar-refractivity contribution in [1.82, 2.24) is 9.80 Å². The maximum Gasteiger partial charge on any atom is 0.490 e. The van der Waals surface area contributed by atoms with Gasteiger partial charge in [0, 0.05) is 50.1 Å². The predicted octanol–water partition coefficient (Wildman–Crippen LogP) is 6.01. The molecule has 0 amide bonds. The van der Waals surface area contributed by atoms with E-state index < -0.39 is 46.9 Å². The van der Waals surface area contributed by atoms with E-state index in [2.05, 4.69) is 0 Å². The van der Waals surface area contributed by atoms with Crippen molar-refractivity contribution >= 4 is 29.8 Å². The molecule has 0 spiro atoms. The van der Waals surface area contributed by atoms with Crippen LogP contribution in [-0.2, 0) is 64.1 Å². The number of carboxylic acids is 2. The first-order valence-electron chi connectivity index (χ1n) is 18.2. The molecular weight excluding hydrogens is 757 g/mol. The average Bonchev–Trinajstić information content (AvgIpc) is 3.01. The van der Waals surface area contributed by atoms with E-state index in [9.17, 15) is 42.6 Å². The summed E-state index contributed by atoms with van der Waals surface area (Å²) in [5.41, 5.74) is 0.535. The van der Waals surface area contributed by atoms with Crippen LogP contribution in [0.5, 0.6) is 11.5 Å². The molecule has 0 saturated carbocycles. The minimum atomic E-state index is -5.08. The molecule has 2 aromatic rings. The Morgan fingerprint density at radius 1 is 0.579 bits per heavy atom. The van der Waals surface area contributed by atoms with Crippen molar-refractivity contribution in [3.05, 3.63) is 58.7 Å². The molecule has 14 nitrogen and oxygen atoms in total. The normalized spacial score (nSPS) is 12.1. The van der Waals surface area contributed by atoms with Gasteiger partial charge in [0.05, 0.1) is 13.1 Å². The van der Waals surface area contributed by atoms with Gasteiger partial charge >= 0.3 is 36.0 Å². The van der Waals surface area contributed by atoms with Crippen LogP contribution in [-0.4, -0.2) is 109 Å². The lowest BCUT2D eigenvalue weighted by molar-refractivity contribution is -0.192. The largest absolute Gasteiger partial charge is 0.508 e. The third-order valence-electron chi connectivity index (χ3n) is 7.26. The number of carbonyl (C=O) groups excluding carboxylic acids is 3. The molecule has 0 saturated heterocycles. The summed E-state index contributed by atoms with van der Waals surface area (Å²) in [6.45, 7) is 16.6. The summed E-state index contributed by atoms with van der Waals surface area (Å²) in [5, 5.41) is 37.7. The smallest absolute Gasteiger partial charge is 0.490 e. The Labute approximate surface area is 331 Å². The van der Waals surface area contributed by atoms with Crippen LogP contribution in [0.15, 0.2) is 36.4 Å². The highest BCUT2D eigenvalue weighted by Crippen LogP contribution is 2.24. The van der Waals surface area contributed by atoms with Crippen LogP contribution in [0.3, 0.4) is 0 Å². The van der Waals surface area contributed by atoms with E-state index >= 15 is 0 Å². The highest BCUT2D eigenvalue weighted by Gasteiger charge is 2.38. The van der Waals surface area contributed by atoms with Crippen molar-refractivity contribution in [1.29, 1.82) is 0 Å². The first-order valence-corrected chi connectivity index (χ1v) is 18.2. The number of nitrogens with zero attached hydrogens (tertiary/aromatic N) is 2. The number of carboxylic acid groups (broad SMARTS) is 2. The minimum absolute atomic E-state index is 0.00278. The molecule has 0 aliphatic carbocycles. The summed E-state index contributed by atoms with van der Waals surface area (Å²) in [7, 11) is 0. The monoisotopic (exact) mass is 814 g/mol. The molecule has 0 aromatic heterocycles. The summed E-state index contributed by atoms with van der Waals surface area (Å²) < 4.78 is 48.3. The Morgan fingerprint density at radius 3 is 1.23 bits per heavy atom. The molecule has 0 radical (unpaired) electrons. The van der Waals surface area contributed by atoms with Crippen LogP contribution in [0.25, 0.3) is 0 Å². The number of rotatable bonds is 17. The summed E-state index contributed by atoms with van der Waals surface area (Å²) in [4.78, 5) is 61.9. The SMILES string of the molecule is CC(C)(C)OC(=O)CCc1ccc(O)c(CN(CCN(CC(=O)OC(C)(C)C)Cc2cc(CCC(=O)O)ccc2O)CC(=O)OC(C)(C)C)c1.O=C(O)C(F)(F)F. The number of alkyl halides is 3. The summed E-state index contributed by atoms with van der Waals surface area (Å²) in [6.07, 6.45) is -4.32. The van der Waals surface area contributed by atoms with Gasteiger partial charge in [-0.1, -0.05) is 24.3 Å². The van der Waals surface area contributed by atoms with Gasteiger partial charge < -0.3 is 34.6 Å². The molecule has 17 heteroatoms. The van der Waals surface area contributed by atoms with Gasteiger partial charge in [0.1, 0.15) is 28.3 Å². The summed E-state index contributed by atoms with van der Waals surface area (Å²) >= 11 is 0. The average molecular weight is 815 g/mol. The number of phenolic OH excluding ortho intramolecular Hbond substituents is 2. The number of ether oxygens (including phenoxy) is 3. The second-order valence-electron chi connectivity index (χ2n) is 16.3. The molecule has 0 atom stereocenters. The third kappa shape index (κ3) is 23.1. The lowest BCUT2D eigenvalue weighted by atomic mass is 10.0. The van der Waals surface area contributed by atoms with Crippen molar-refractivity contribution in [2.45, 2.75) is 124 Å². The molecular formula is C40H57F3N2O12. The van der Waals surface area contributed by atoms with Gasteiger partial charge in [0.25, 0.3) is 0 Å². The summed E-state index contributed by atoms with van der Waals surface area (Å²) in [5.74, 6) is -4.95. The zero-order chi connectivity index (χ0) is 43.9. The quantitative estimate of drug-likeness (QED) is 0.107. The van der Waals surface area contributed by atoms with Crippen molar-refractivity contribution in [3.63, 3.8) is 0 Å². The predicted molar refractivity (Wildman–Crippen MR) is 202 cm³/mol. The lowest BCUT2D eigenvalue weighted by Gasteiger charge is -2.29. The molecule has 2 aromatic carbocycles.